The number of rotatable bonds is 4. The van der Waals surface area contributed by atoms with E-state index in [1.54, 1.807) is 6.08 Å². The first-order chi connectivity index (χ1) is 10.8. The van der Waals surface area contributed by atoms with Crippen LogP contribution in [0, 0.1) is 22.7 Å². The molecule has 1 saturated carbocycles. The molecule has 1 aliphatic carbocycles. The lowest BCUT2D eigenvalue weighted by Crippen LogP contribution is -2.14. The SMILES string of the molecule is N#CC(C#N)=CCc1c[nH]c2ncc(NC3CCCC3)cc12. The summed E-state index contributed by atoms with van der Waals surface area (Å²) in [6, 6.07) is 6.41. The molecule has 1 fully saturated rings. The Balaban J connectivity index is 1.84. The molecule has 5 nitrogen and oxygen atoms in total. The molecule has 2 N–H and O–H groups in total. The second kappa shape index (κ2) is 6.32. The Morgan fingerprint density at radius 3 is 2.86 bits per heavy atom. The van der Waals surface area contributed by atoms with Crippen LogP contribution in [0.25, 0.3) is 11.0 Å². The average Bonchev–Trinajstić information content (AvgIpc) is 3.18. The Hall–Kier alpha value is -2.79. The number of fused-ring (bicyclic) bond motifs is 1. The van der Waals surface area contributed by atoms with Crippen molar-refractivity contribution in [3.8, 4) is 12.1 Å². The van der Waals surface area contributed by atoms with Crippen molar-refractivity contribution in [1.29, 1.82) is 10.5 Å². The van der Waals surface area contributed by atoms with E-state index in [1.165, 1.54) is 25.7 Å². The number of hydrogen-bond acceptors (Lipinski definition) is 4. The van der Waals surface area contributed by atoms with Gasteiger partial charge in [0.1, 0.15) is 23.4 Å². The van der Waals surface area contributed by atoms with E-state index in [0.717, 1.165) is 22.3 Å². The summed E-state index contributed by atoms with van der Waals surface area (Å²) in [5, 5.41) is 22.2. The monoisotopic (exact) mass is 291 g/mol. The summed E-state index contributed by atoms with van der Waals surface area (Å²) in [5.41, 5.74) is 3.05. The summed E-state index contributed by atoms with van der Waals surface area (Å²) in [6.45, 7) is 0. The molecule has 110 valence electrons. The zero-order valence-electron chi connectivity index (χ0n) is 12.3. The van der Waals surface area contributed by atoms with Crippen LogP contribution in [0.2, 0.25) is 0 Å². The third-order valence-electron chi connectivity index (χ3n) is 4.11. The van der Waals surface area contributed by atoms with Gasteiger partial charge in [0.2, 0.25) is 0 Å². The second-order valence-electron chi connectivity index (χ2n) is 5.61. The smallest absolute Gasteiger partial charge is 0.137 e. The van der Waals surface area contributed by atoms with E-state index in [9.17, 15) is 0 Å². The molecule has 0 saturated heterocycles. The van der Waals surface area contributed by atoms with Crippen LogP contribution in [0.5, 0.6) is 0 Å². The van der Waals surface area contributed by atoms with Crippen molar-refractivity contribution in [2.24, 2.45) is 0 Å². The molecule has 5 heteroatoms. The Morgan fingerprint density at radius 2 is 2.14 bits per heavy atom. The maximum Gasteiger partial charge on any atom is 0.137 e. The van der Waals surface area contributed by atoms with Crippen molar-refractivity contribution < 1.29 is 0 Å². The van der Waals surface area contributed by atoms with Crippen LogP contribution in [-0.4, -0.2) is 16.0 Å². The molecule has 2 aromatic heterocycles. The quantitative estimate of drug-likeness (QED) is 0.845. The first kappa shape index (κ1) is 14.2. The fraction of sp³-hybridized carbons (Fsp3) is 0.353. The number of hydrogen-bond donors (Lipinski definition) is 2. The van der Waals surface area contributed by atoms with Crippen molar-refractivity contribution in [2.75, 3.05) is 5.32 Å². The molecule has 3 rings (SSSR count). The highest BCUT2D eigenvalue weighted by atomic mass is 14.9. The molecule has 0 aromatic carbocycles. The van der Waals surface area contributed by atoms with E-state index in [0.29, 0.717) is 12.5 Å². The van der Waals surface area contributed by atoms with Crippen LogP contribution >= 0.6 is 0 Å². The van der Waals surface area contributed by atoms with Gasteiger partial charge in [-0.15, -0.1) is 0 Å². The van der Waals surface area contributed by atoms with E-state index in [1.807, 2.05) is 24.5 Å². The molecule has 0 atom stereocenters. The Kier molecular flexibility index (Phi) is 4.07. The molecular weight excluding hydrogens is 274 g/mol. The number of anilines is 1. The largest absolute Gasteiger partial charge is 0.381 e. The normalized spacial score (nSPS) is 14.5. The standard InChI is InChI=1S/C17H17N5/c18-8-12(9-19)5-6-13-10-20-17-16(13)7-15(11-21-17)22-14-3-1-2-4-14/h5,7,10-11,14,22H,1-4,6H2,(H,20,21). The summed E-state index contributed by atoms with van der Waals surface area (Å²) in [7, 11) is 0. The van der Waals surface area contributed by atoms with Gasteiger partial charge in [-0.05, 0) is 30.9 Å². The molecule has 22 heavy (non-hydrogen) atoms. The fourth-order valence-corrected chi connectivity index (χ4v) is 2.94. The first-order valence-corrected chi connectivity index (χ1v) is 7.53. The van der Waals surface area contributed by atoms with Crippen LogP contribution < -0.4 is 5.32 Å². The van der Waals surface area contributed by atoms with Gasteiger partial charge >= 0.3 is 0 Å². The third kappa shape index (κ3) is 2.94. The number of aromatic nitrogens is 2. The predicted octanol–water partition coefficient (Wildman–Crippen LogP) is 3.43. The van der Waals surface area contributed by atoms with Crippen LogP contribution in [-0.2, 0) is 6.42 Å². The van der Waals surface area contributed by atoms with Gasteiger partial charge in [0.15, 0.2) is 0 Å². The Bertz CT molecular complexity index is 765. The Morgan fingerprint density at radius 1 is 1.36 bits per heavy atom. The third-order valence-corrected chi connectivity index (χ3v) is 4.11. The minimum Gasteiger partial charge on any atom is -0.381 e. The summed E-state index contributed by atoms with van der Waals surface area (Å²) in [6.07, 6.45) is 11.0. The topological polar surface area (TPSA) is 88.3 Å². The minimum absolute atomic E-state index is 0.141. The lowest BCUT2D eigenvalue weighted by atomic mass is 10.1. The molecule has 2 aromatic rings. The number of allylic oxidation sites excluding steroid dienone is 2. The van der Waals surface area contributed by atoms with Crippen LogP contribution in [0.4, 0.5) is 5.69 Å². The lowest BCUT2D eigenvalue weighted by molar-refractivity contribution is 0.755. The van der Waals surface area contributed by atoms with Crippen molar-refractivity contribution in [3.63, 3.8) is 0 Å². The molecule has 0 amide bonds. The van der Waals surface area contributed by atoms with E-state index >= 15 is 0 Å². The maximum absolute atomic E-state index is 8.80. The first-order valence-electron chi connectivity index (χ1n) is 7.53. The number of nitriles is 2. The zero-order chi connectivity index (χ0) is 15.4. The molecule has 2 heterocycles. The second-order valence-corrected chi connectivity index (χ2v) is 5.61. The van der Waals surface area contributed by atoms with Crippen LogP contribution in [0.15, 0.2) is 30.1 Å². The highest BCUT2D eigenvalue weighted by molar-refractivity contribution is 5.83. The van der Waals surface area contributed by atoms with Gasteiger partial charge < -0.3 is 10.3 Å². The van der Waals surface area contributed by atoms with Gasteiger partial charge in [-0.3, -0.25) is 0 Å². The van der Waals surface area contributed by atoms with E-state index < -0.39 is 0 Å². The summed E-state index contributed by atoms with van der Waals surface area (Å²) in [5.74, 6) is 0. The molecule has 0 aliphatic heterocycles. The molecule has 0 bridgehead atoms. The highest BCUT2D eigenvalue weighted by Gasteiger charge is 2.15. The molecule has 0 spiro atoms. The molecular formula is C17H17N5. The van der Waals surface area contributed by atoms with Gasteiger partial charge in [-0.2, -0.15) is 10.5 Å². The van der Waals surface area contributed by atoms with Crippen LogP contribution in [0.3, 0.4) is 0 Å². The van der Waals surface area contributed by atoms with Gasteiger partial charge in [-0.25, -0.2) is 4.98 Å². The van der Waals surface area contributed by atoms with Gasteiger partial charge in [0.25, 0.3) is 0 Å². The van der Waals surface area contributed by atoms with Crippen LogP contribution in [0.1, 0.15) is 31.2 Å². The van der Waals surface area contributed by atoms with E-state index in [2.05, 4.69) is 21.4 Å². The number of nitrogens with zero attached hydrogens (tertiary/aromatic N) is 3. The zero-order valence-corrected chi connectivity index (χ0v) is 12.3. The van der Waals surface area contributed by atoms with Crippen molar-refractivity contribution in [2.45, 2.75) is 38.1 Å². The highest BCUT2D eigenvalue weighted by Crippen LogP contribution is 2.25. The molecule has 0 radical (unpaired) electrons. The number of pyridine rings is 1. The molecule has 0 unspecified atom stereocenters. The van der Waals surface area contributed by atoms with E-state index in [4.69, 9.17) is 10.5 Å². The summed E-state index contributed by atoms with van der Waals surface area (Å²) < 4.78 is 0. The van der Waals surface area contributed by atoms with Gasteiger partial charge in [0.05, 0.1) is 11.9 Å². The predicted molar refractivity (Wildman–Crippen MR) is 85.0 cm³/mol. The minimum atomic E-state index is 0.141. The van der Waals surface area contributed by atoms with Crippen molar-refractivity contribution >= 4 is 16.7 Å². The molecule has 1 aliphatic rings. The number of nitrogens with one attached hydrogen (secondary N) is 2. The Labute approximate surface area is 129 Å². The summed E-state index contributed by atoms with van der Waals surface area (Å²) >= 11 is 0. The maximum atomic E-state index is 8.80. The number of H-pyrrole nitrogens is 1. The average molecular weight is 291 g/mol. The van der Waals surface area contributed by atoms with Gasteiger partial charge in [0, 0.05) is 17.6 Å². The number of aromatic amines is 1. The van der Waals surface area contributed by atoms with E-state index in [-0.39, 0.29) is 5.57 Å². The lowest BCUT2D eigenvalue weighted by Gasteiger charge is -2.13. The summed E-state index contributed by atoms with van der Waals surface area (Å²) in [4.78, 5) is 7.58. The fourth-order valence-electron chi connectivity index (χ4n) is 2.94. The van der Waals surface area contributed by atoms with Crippen molar-refractivity contribution in [1.82, 2.24) is 9.97 Å². The van der Waals surface area contributed by atoms with Gasteiger partial charge in [-0.1, -0.05) is 18.9 Å². The van der Waals surface area contributed by atoms with Crippen molar-refractivity contribution in [3.05, 3.63) is 35.7 Å².